The highest BCUT2D eigenvalue weighted by atomic mass is 16.3. The van der Waals surface area contributed by atoms with Crippen LogP contribution in [0.4, 0.5) is 0 Å². The summed E-state index contributed by atoms with van der Waals surface area (Å²) < 4.78 is 7.42. The summed E-state index contributed by atoms with van der Waals surface area (Å²) in [5.74, 6) is 0.817. The van der Waals surface area contributed by atoms with Gasteiger partial charge in [-0.2, -0.15) is 5.10 Å². The van der Waals surface area contributed by atoms with Crippen molar-refractivity contribution >= 4 is 27.8 Å². The van der Waals surface area contributed by atoms with E-state index in [-0.39, 0.29) is 17.4 Å². The number of amides is 1. The maximum Gasteiger partial charge on any atom is 0.274 e. The molecule has 170 valence electrons. The Morgan fingerprint density at radius 1 is 1.03 bits per heavy atom. The van der Waals surface area contributed by atoms with Crippen molar-refractivity contribution in [2.75, 3.05) is 13.1 Å². The normalized spacial score (nSPS) is 14.9. The Kier molecular flexibility index (Phi) is 5.94. The van der Waals surface area contributed by atoms with Crippen LogP contribution in [0.25, 0.3) is 21.9 Å². The van der Waals surface area contributed by atoms with Crippen LogP contribution in [-0.2, 0) is 6.54 Å². The molecule has 5 rings (SSSR count). The molecule has 3 heterocycles. The monoisotopic (exact) mass is 444 g/mol. The van der Waals surface area contributed by atoms with E-state index in [1.165, 1.54) is 4.68 Å². The van der Waals surface area contributed by atoms with Crippen molar-refractivity contribution in [3.63, 3.8) is 0 Å². The summed E-state index contributed by atoms with van der Waals surface area (Å²) in [5.41, 5.74) is 1.90. The molecule has 1 saturated heterocycles. The van der Waals surface area contributed by atoms with Crippen LogP contribution in [0, 0.1) is 0 Å². The average molecular weight is 445 g/mol. The lowest BCUT2D eigenvalue weighted by Crippen LogP contribution is -2.39. The number of carbonyl (C=O) groups excluding carboxylic acids is 1. The zero-order valence-corrected chi connectivity index (χ0v) is 18.9. The molecule has 7 nitrogen and oxygen atoms in total. The molecule has 0 saturated carbocycles. The molecule has 0 spiro atoms. The minimum Gasteiger partial charge on any atom is -0.440 e. The summed E-state index contributed by atoms with van der Waals surface area (Å²) in [5, 5.41) is 5.71. The number of hydrogen-bond acceptors (Lipinski definition) is 5. The van der Waals surface area contributed by atoms with E-state index in [9.17, 15) is 9.59 Å². The Labute approximate surface area is 192 Å². The van der Waals surface area contributed by atoms with Crippen molar-refractivity contribution < 1.29 is 9.21 Å². The van der Waals surface area contributed by atoms with Crippen LogP contribution in [0.1, 0.15) is 61.3 Å². The highest BCUT2D eigenvalue weighted by Gasteiger charge is 2.29. The Hall–Kier alpha value is -3.48. The van der Waals surface area contributed by atoms with E-state index in [2.05, 4.69) is 17.0 Å². The maximum atomic E-state index is 13.5. The molecule has 0 N–H and O–H groups in total. The van der Waals surface area contributed by atoms with Gasteiger partial charge in [0, 0.05) is 30.9 Å². The first-order valence-electron chi connectivity index (χ1n) is 11.8. The predicted octanol–water partition coefficient (Wildman–Crippen LogP) is 4.75. The largest absolute Gasteiger partial charge is 0.440 e. The summed E-state index contributed by atoms with van der Waals surface area (Å²) in [7, 11) is 0. The highest BCUT2D eigenvalue weighted by molar-refractivity contribution is 6.04. The molecule has 0 aliphatic carbocycles. The van der Waals surface area contributed by atoms with Crippen molar-refractivity contribution in [1.29, 1.82) is 0 Å². The third-order valence-corrected chi connectivity index (χ3v) is 6.49. The van der Waals surface area contributed by atoms with Gasteiger partial charge in [-0.05, 0) is 37.5 Å². The molecule has 7 heteroatoms. The van der Waals surface area contributed by atoms with Gasteiger partial charge in [0.15, 0.2) is 17.2 Å². The van der Waals surface area contributed by atoms with Crippen molar-refractivity contribution in [3.8, 4) is 0 Å². The molecule has 1 aliphatic heterocycles. The van der Waals surface area contributed by atoms with E-state index in [4.69, 9.17) is 4.42 Å². The number of aryl methyl sites for hydroxylation is 1. The van der Waals surface area contributed by atoms with E-state index in [0.29, 0.717) is 36.1 Å². The number of para-hydroxylation sites is 2. The topological polar surface area (TPSA) is 81.2 Å². The first kappa shape index (κ1) is 21.4. The lowest BCUT2D eigenvalue weighted by molar-refractivity contribution is 0.0700. The minimum absolute atomic E-state index is 0.119. The Morgan fingerprint density at radius 3 is 2.52 bits per heavy atom. The molecule has 0 atom stereocenters. The van der Waals surface area contributed by atoms with Gasteiger partial charge in [-0.1, -0.05) is 50.1 Å². The minimum atomic E-state index is -0.132. The Bertz CT molecular complexity index is 1320. The van der Waals surface area contributed by atoms with Gasteiger partial charge in [0.2, 0.25) is 0 Å². The van der Waals surface area contributed by atoms with Gasteiger partial charge in [0.1, 0.15) is 5.52 Å². The lowest BCUT2D eigenvalue weighted by Gasteiger charge is -2.30. The van der Waals surface area contributed by atoms with Crippen LogP contribution in [0.15, 0.2) is 57.7 Å². The first-order valence-corrected chi connectivity index (χ1v) is 11.8. The molecule has 2 aromatic carbocycles. The number of nitrogens with zero attached hydrogens (tertiary/aromatic N) is 4. The molecule has 0 bridgehead atoms. The molecule has 33 heavy (non-hydrogen) atoms. The van der Waals surface area contributed by atoms with E-state index >= 15 is 0 Å². The second-order valence-corrected chi connectivity index (χ2v) is 8.72. The fraction of sp³-hybridized carbons (Fsp3) is 0.385. The van der Waals surface area contributed by atoms with Crippen molar-refractivity contribution in [3.05, 3.63) is 70.5 Å². The van der Waals surface area contributed by atoms with E-state index in [1.54, 1.807) is 6.07 Å². The van der Waals surface area contributed by atoms with Crippen molar-refractivity contribution in [2.45, 2.75) is 51.5 Å². The zero-order chi connectivity index (χ0) is 22.8. The smallest absolute Gasteiger partial charge is 0.274 e. The molecule has 1 fully saturated rings. The molecule has 2 aromatic heterocycles. The fourth-order valence-electron chi connectivity index (χ4n) is 4.60. The zero-order valence-electron chi connectivity index (χ0n) is 18.9. The number of fused-ring (bicyclic) bond motifs is 2. The van der Waals surface area contributed by atoms with Gasteiger partial charge in [-0.3, -0.25) is 9.59 Å². The number of hydrogen-bond donors (Lipinski definition) is 0. The Morgan fingerprint density at radius 2 is 1.76 bits per heavy atom. The highest BCUT2D eigenvalue weighted by Crippen LogP contribution is 2.30. The van der Waals surface area contributed by atoms with Crippen LogP contribution in [0.2, 0.25) is 0 Å². The number of benzene rings is 2. The molecule has 1 amide bonds. The Balaban J connectivity index is 1.37. The molecule has 0 radical (unpaired) electrons. The number of likely N-dealkylation sites (tertiary alicyclic amines) is 1. The van der Waals surface area contributed by atoms with Crippen LogP contribution >= 0.6 is 0 Å². The van der Waals surface area contributed by atoms with Crippen molar-refractivity contribution in [2.24, 2.45) is 0 Å². The van der Waals surface area contributed by atoms with E-state index < -0.39 is 0 Å². The summed E-state index contributed by atoms with van der Waals surface area (Å²) in [6, 6.07) is 15.1. The van der Waals surface area contributed by atoms with Gasteiger partial charge in [-0.25, -0.2) is 9.67 Å². The molecule has 1 aliphatic rings. The van der Waals surface area contributed by atoms with Gasteiger partial charge in [0.05, 0.1) is 5.39 Å². The number of rotatable bonds is 6. The predicted molar refractivity (Wildman–Crippen MR) is 127 cm³/mol. The van der Waals surface area contributed by atoms with Crippen molar-refractivity contribution in [1.82, 2.24) is 19.7 Å². The van der Waals surface area contributed by atoms with Gasteiger partial charge in [0.25, 0.3) is 11.5 Å². The second-order valence-electron chi connectivity index (χ2n) is 8.72. The lowest BCUT2D eigenvalue weighted by atomic mass is 9.96. The summed E-state index contributed by atoms with van der Waals surface area (Å²) in [4.78, 5) is 32.9. The maximum absolute atomic E-state index is 13.5. The standard InChI is InChI=1S/C26H28N4O3/c1-2-3-8-15-30-25(31)20-10-5-4-9-19(20)23(28-30)26(32)29-16-13-18(14-17-29)24-27-21-11-6-7-12-22(21)33-24/h4-7,9-12,18H,2-3,8,13-17H2,1H3. The summed E-state index contributed by atoms with van der Waals surface area (Å²) in [6.45, 7) is 3.86. The van der Waals surface area contributed by atoms with Gasteiger partial charge < -0.3 is 9.32 Å². The van der Waals surface area contributed by atoms with Crippen LogP contribution in [0.5, 0.6) is 0 Å². The summed E-state index contributed by atoms with van der Waals surface area (Å²) >= 11 is 0. The number of aromatic nitrogens is 3. The number of carbonyl (C=O) groups is 1. The van der Waals surface area contributed by atoms with Crippen LogP contribution in [-0.4, -0.2) is 38.7 Å². The van der Waals surface area contributed by atoms with Crippen LogP contribution in [0.3, 0.4) is 0 Å². The van der Waals surface area contributed by atoms with E-state index in [0.717, 1.165) is 49.1 Å². The number of unbranched alkanes of at least 4 members (excludes halogenated alkanes) is 2. The third kappa shape index (κ3) is 4.15. The average Bonchev–Trinajstić information content (AvgIpc) is 3.30. The molecule has 0 unspecified atom stereocenters. The van der Waals surface area contributed by atoms with Crippen LogP contribution < -0.4 is 5.56 Å². The molecular formula is C26H28N4O3. The first-order chi connectivity index (χ1) is 16.2. The third-order valence-electron chi connectivity index (χ3n) is 6.49. The summed E-state index contributed by atoms with van der Waals surface area (Å²) in [6.07, 6.45) is 4.52. The SMILES string of the molecule is CCCCCn1nc(C(=O)N2CCC(c3nc4ccccc4o3)CC2)c2ccccc2c1=O. The molecular weight excluding hydrogens is 416 g/mol. The van der Waals surface area contributed by atoms with E-state index in [1.807, 2.05) is 47.4 Å². The fourth-order valence-corrected chi connectivity index (χ4v) is 4.60. The number of piperidine rings is 1. The quantitative estimate of drug-likeness (QED) is 0.401. The van der Waals surface area contributed by atoms with Gasteiger partial charge in [-0.15, -0.1) is 0 Å². The number of oxazole rings is 1. The van der Waals surface area contributed by atoms with Gasteiger partial charge >= 0.3 is 0 Å². The second kappa shape index (κ2) is 9.17. The molecule has 4 aromatic rings.